The van der Waals surface area contributed by atoms with Crippen LogP contribution in [-0.2, 0) is 20.9 Å². The molecule has 0 saturated heterocycles. The van der Waals surface area contributed by atoms with E-state index in [-0.39, 0.29) is 11.5 Å². The summed E-state index contributed by atoms with van der Waals surface area (Å²) in [6.45, 7) is 4.04. The van der Waals surface area contributed by atoms with Crippen LogP contribution in [0.25, 0.3) is 0 Å². The third kappa shape index (κ3) is 6.53. The average molecular weight is 354 g/mol. The molecule has 0 spiro atoms. The van der Waals surface area contributed by atoms with Crippen molar-refractivity contribution in [2.75, 3.05) is 0 Å². The van der Waals surface area contributed by atoms with Crippen molar-refractivity contribution in [2.45, 2.75) is 25.3 Å². The fourth-order valence-corrected chi connectivity index (χ4v) is 2.92. The van der Waals surface area contributed by atoms with Crippen LogP contribution in [0.3, 0.4) is 0 Å². The zero-order valence-corrected chi connectivity index (χ0v) is 15.2. The van der Waals surface area contributed by atoms with Crippen LogP contribution < -0.4 is 0 Å². The van der Waals surface area contributed by atoms with Gasteiger partial charge >= 0.3 is 0 Å². The Morgan fingerprint density at radius 1 is 0.680 bits per heavy atom. The molecule has 0 saturated carbocycles. The molecule has 130 valence electrons. The molecule has 3 nitrogen and oxygen atoms in total. The van der Waals surface area contributed by atoms with Crippen molar-refractivity contribution in [3.63, 3.8) is 0 Å². The minimum Gasteiger partial charge on any atom is -0.262 e. The van der Waals surface area contributed by atoms with Gasteiger partial charge in [-0.25, -0.2) is 0 Å². The lowest BCUT2D eigenvalue weighted by Crippen LogP contribution is -2.06. The van der Waals surface area contributed by atoms with Gasteiger partial charge in [0.2, 0.25) is 0 Å². The second-order valence-corrected chi connectivity index (χ2v) is 7.29. The molecular weight excluding hydrogens is 332 g/mol. The van der Waals surface area contributed by atoms with Crippen LogP contribution in [0.2, 0.25) is 0 Å². The Labute approximate surface area is 150 Å². The Morgan fingerprint density at radius 2 is 1.16 bits per heavy atom. The first-order chi connectivity index (χ1) is 12.0. The Morgan fingerprint density at radius 3 is 1.64 bits per heavy atom. The van der Waals surface area contributed by atoms with Gasteiger partial charge in [0.25, 0.3) is 10.1 Å². The molecule has 0 radical (unpaired) electrons. The van der Waals surface area contributed by atoms with E-state index in [1.807, 2.05) is 55.5 Å². The smallest absolute Gasteiger partial charge is 0.262 e. The van der Waals surface area contributed by atoms with Crippen LogP contribution in [0.15, 0.2) is 89.8 Å². The lowest BCUT2D eigenvalue weighted by molar-refractivity contribution is 0.308. The van der Waals surface area contributed by atoms with E-state index < -0.39 is 10.1 Å². The Hall–Kier alpha value is -2.43. The van der Waals surface area contributed by atoms with Crippen molar-refractivity contribution in [3.8, 4) is 0 Å². The highest BCUT2D eigenvalue weighted by molar-refractivity contribution is 7.86. The summed E-state index contributed by atoms with van der Waals surface area (Å²) in [4.78, 5) is 0.184. The second-order valence-electron chi connectivity index (χ2n) is 5.67. The van der Waals surface area contributed by atoms with Crippen molar-refractivity contribution in [3.05, 3.63) is 102 Å². The van der Waals surface area contributed by atoms with Crippen LogP contribution in [0.5, 0.6) is 0 Å². The number of benzene rings is 3. The summed E-state index contributed by atoms with van der Waals surface area (Å²) >= 11 is 0. The van der Waals surface area contributed by atoms with Gasteiger partial charge in [-0.05, 0) is 31.5 Å². The van der Waals surface area contributed by atoms with E-state index in [1.165, 1.54) is 5.56 Å². The first kappa shape index (κ1) is 18.9. The molecule has 0 aliphatic heterocycles. The molecule has 0 fully saturated rings. The predicted molar refractivity (Wildman–Crippen MR) is 101 cm³/mol. The van der Waals surface area contributed by atoms with Crippen LogP contribution in [-0.4, -0.2) is 8.42 Å². The van der Waals surface area contributed by atoms with Crippen molar-refractivity contribution >= 4 is 10.1 Å². The molecule has 0 aliphatic carbocycles. The standard InChI is InChI=1S/C14H14O3S.C7H8/c1-12-7-9-14(10-8-12)18(15,16)17-11-13-5-3-2-4-6-13;1-7-5-3-2-4-6-7/h2-10H,11H2,1H3;2-6H,1H3. The number of rotatable bonds is 4. The summed E-state index contributed by atoms with van der Waals surface area (Å²) in [5, 5.41) is 0. The summed E-state index contributed by atoms with van der Waals surface area (Å²) in [6.07, 6.45) is 0. The summed E-state index contributed by atoms with van der Waals surface area (Å²) < 4.78 is 28.8. The molecular formula is C21H22O3S. The van der Waals surface area contributed by atoms with Gasteiger partial charge < -0.3 is 0 Å². The molecule has 25 heavy (non-hydrogen) atoms. The fraction of sp³-hybridized carbons (Fsp3) is 0.143. The number of aryl methyl sites for hydroxylation is 2. The van der Waals surface area contributed by atoms with Crippen molar-refractivity contribution in [1.29, 1.82) is 0 Å². The van der Waals surface area contributed by atoms with E-state index in [9.17, 15) is 8.42 Å². The Kier molecular flexibility index (Phi) is 6.92. The minimum atomic E-state index is -3.68. The van der Waals surface area contributed by atoms with Gasteiger partial charge in [0.15, 0.2) is 0 Å². The molecule has 3 aromatic carbocycles. The molecule has 4 heteroatoms. The first-order valence-electron chi connectivity index (χ1n) is 7.99. The maximum Gasteiger partial charge on any atom is 0.297 e. The van der Waals surface area contributed by atoms with Crippen molar-refractivity contribution in [2.24, 2.45) is 0 Å². The highest BCUT2D eigenvalue weighted by atomic mass is 32.2. The number of hydrogen-bond acceptors (Lipinski definition) is 3. The van der Waals surface area contributed by atoms with E-state index in [2.05, 4.69) is 19.1 Å². The largest absolute Gasteiger partial charge is 0.297 e. The number of hydrogen-bond donors (Lipinski definition) is 0. The first-order valence-corrected chi connectivity index (χ1v) is 9.40. The van der Waals surface area contributed by atoms with E-state index in [0.29, 0.717) is 0 Å². The summed E-state index contributed by atoms with van der Waals surface area (Å²) in [5.41, 5.74) is 3.16. The van der Waals surface area contributed by atoms with Gasteiger partial charge in [-0.15, -0.1) is 0 Å². The lowest BCUT2D eigenvalue weighted by atomic mass is 10.2. The Bertz CT molecular complexity index is 856. The summed E-state index contributed by atoms with van der Waals surface area (Å²) in [6, 6.07) is 26.1. The van der Waals surface area contributed by atoms with Crippen LogP contribution >= 0.6 is 0 Å². The van der Waals surface area contributed by atoms with E-state index in [4.69, 9.17) is 4.18 Å². The summed E-state index contributed by atoms with van der Waals surface area (Å²) in [5.74, 6) is 0. The van der Waals surface area contributed by atoms with Crippen molar-refractivity contribution in [1.82, 2.24) is 0 Å². The van der Waals surface area contributed by atoms with Gasteiger partial charge in [-0.3, -0.25) is 4.18 Å². The van der Waals surface area contributed by atoms with Crippen molar-refractivity contribution < 1.29 is 12.6 Å². The van der Waals surface area contributed by atoms with Crippen LogP contribution in [0, 0.1) is 13.8 Å². The zero-order chi connectivity index (χ0) is 18.1. The molecule has 3 aromatic rings. The SMILES string of the molecule is Cc1ccc(S(=O)(=O)OCc2ccccc2)cc1.Cc1ccccc1. The molecule has 0 bridgehead atoms. The topological polar surface area (TPSA) is 43.4 Å². The fourth-order valence-electron chi connectivity index (χ4n) is 2.03. The normalized spacial score (nSPS) is 10.6. The third-order valence-electron chi connectivity index (χ3n) is 3.47. The second kappa shape index (κ2) is 9.16. The zero-order valence-electron chi connectivity index (χ0n) is 14.4. The Balaban J connectivity index is 0.000000269. The van der Waals surface area contributed by atoms with Gasteiger partial charge in [0, 0.05) is 0 Å². The quantitative estimate of drug-likeness (QED) is 0.626. The van der Waals surface area contributed by atoms with Gasteiger partial charge in [-0.1, -0.05) is 83.9 Å². The molecule has 0 amide bonds. The predicted octanol–water partition coefficient (Wildman–Crippen LogP) is 4.90. The van der Waals surface area contributed by atoms with Gasteiger partial charge in [0.05, 0.1) is 11.5 Å². The maximum atomic E-state index is 11.9. The molecule has 0 unspecified atom stereocenters. The van der Waals surface area contributed by atoms with Gasteiger partial charge in [0.1, 0.15) is 0 Å². The van der Waals surface area contributed by atoms with E-state index in [0.717, 1.165) is 11.1 Å². The molecule has 3 rings (SSSR count). The molecule has 0 aliphatic rings. The molecule has 0 N–H and O–H groups in total. The third-order valence-corrected chi connectivity index (χ3v) is 4.75. The van der Waals surface area contributed by atoms with Crippen LogP contribution in [0.1, 0.15) is 16.7 Å². The maximum absolute atomic E-state index is 11.9. The summed E-state index contributed by atoms with van der Waals surface area (Å²) in [7, 11) is -3.68. The highest BCUT2D eigenvalue weighted by Crippen LogP contribution is 2.15. The molecule has 0 aromatic heterocycles. The molecule has 0 atom stereocenters. The van der Waals surface area contributed by atoms with E-state index in [1.54, 1.807) is 24.3 Å². The van der Waals surface area contributed by atoms with E-state index >= 15 is 0 Å². The van der Waals surface area contributed by atoms with Gasteiger partial charge in [-0.2, -0.15) is 8.42 Å². The monoisotopic (exact) mass is 354 g/mol. The molecule has 0 heterocycles. The van der Waals surface area contributed by atoms with Crippen LogP contribution in [0.4, 0.5) is 0 Å². The average Bonchev–Trinajstić information content (AvgIpc) is 2.63. The lowest BCUT2D eigenvalue weighted by Gasteiger charge is -2.06. The minimum absolute atomic E-state index is 0.0526. The highest BCUT2D eigenvalue weighted by Gasteiger charge is 2.14.